The van der Waals surface area contributed by atoms with E-state index in [1.54, 1.807) is 36.0 Å². The SMILES string of the molecule is CN=c1scc(-c2ccc(Cl)cc2Cl)n1N=C(C)c1ccc(C#N)cc1. The Bertz CT molecular complexity index is 1090. The second kappa shape index (κ2) is 7.88. The summed E-state index contributed by atoms with van der Waals surface area (Å²) in [6, 6.07) is 14.8. The molecule has 3 aromatic rings. The Morgan fingerprint density at radius 3 is 2.50 bits per heavy atom. The Balaban J connectivity index is 2.12. The summed E-state index contributed by atoms with van der Waals surface area (Å²) in [6.45, 7) is 1.92. The summed E-state index contributed by atoms with van der Waals surface area (Å²) < 4.78 is 1.77. The first-order chi connectivity index (χ1) is 12.5. The van der Waals surface area contributed by atoms with E-state index in [1.807, 2.05) is 30.5 Å². The third kappa shape index (κ3) is 3.73. The maximum absolute atomic E-state index is 8.93. The topological polar surface area (TPSA) is 53.4 Å². The lowest BCUT2D eigenvalue weighted by Crippen LogP contribution is -2.13. The molecule has 0 aliphatic rings. The van der Waals surface area contributed by atoms with Crippen molar-refractivity contribution < 1.29 is 0 Å². The van der Waals surface area contributed by atoms with E-state index in [-0.39, 0.29) is 0 Å². The Morgan fingerprint density at radius 2 is 1.88 bits per heavy atom. The predicted octanol–water partition coefficient (Wildman–Crippen LogP) is 5.20. The Kier molecular flexibility index (Phi) is 5.58. The Labute approximate surface area is 165 Å². The van der Waals surface area contributed by atoms with Crippen LogP contribution in [0.25, 0.3) is 11.3 Å². The molecule has 0 saturated heterocycles. The van der Waals surface area contributed by atoms with Crippen molar-refractivity contribution in [3.8, 4) is 17.3 Å². The molecule has 0 aliphatic heterocycles. The average Bonchev–Trinajstić information content (AvgIpc) is 3.04. The molecule has 0 N–H and O–H groups in total. The molecule has 0 unspecified atom stereocenters. The van der Waals surface area contributed by atoms with Crippen molar-refractivity contribution in [1.82, 2.24) is 4.68 Å². The van der Waals surface area contributed by atoms with Crippen molar-refractivity contribution in [3.05, 3.63) is 73.8 Å². The number of hydrogen-bond donors (Lipinski definition) is 0. The van der Waals surface area contributed by atoms with Gasteiger partial charge in [-0.05, 0) is 42.8 Å². The van der Waals surface area contributed by atoms with Crippen LogP contribution >= 0.6 is 34.5 Å². The highest BCUT2D eigenvalue weighted by Crippen LogP contribution is 2.30. The molecule has 2 aromatic carbocycles. The second-order valence-electron chi connectivity index (χ2n) is 5.44. The van der Waals surface area contributed by atoms with Gasteiger partial charge in [-0.1, -0.05) is 35.3 Å². The predicted molar refractivity (Wildman–Crippen MR) is 108 cm³/mol. The van der Waals surface area contributed by atoms with Gasteiger partial charge in [0.1, 0.15) is 0 Å². The monoisotopic (exact) mass is 400 g/mol. The van der Waals surface area contributed by atoms with Gasteiger partial charge in [0.2, 0.25) is 4.80 Å². The van der Waals surface area contributed by atoms with Crippen LogP contribution in [-0.4, -0.2) is 17.4 Å². The maximum atomic E-state index is 8.93. The summed E-state index contributed by atoms with van der Waals surface area (Å²) in [6.07, 6.45) is 0. The van der Waals surface area contributed by atoms with Crippen LogP contribution in [0.5, 0.6) is 0 Å². The smallest absolute Gasteiger partial charge is 0.205 e. The molecule has 0 bridgehead atoms. The fourth-order valence-electron chi connectivity index (χ4n) is 2.42. The summed E-state index contributed by atoms with van der Waals surface area (Å²) in [5.74, 6) is 0. The van der Waals surface area contributed by atoms with E-state index in [9.17, 15) is 0 Å². The van der Waals surface area contributed by atoms with E-state index in [0.29, 0.717) is 15.6 Å². The van der Waals surface area contributed by atoms with E-state index in [0.717, 1.165) is 27.3 Å². The van der Waals surface area contributed by atoms with Gasteiger partial charge in [-0.25, -0.2) is 4.68 Å². The number of nitriles is 1. The lowest BCUT2D eigenvalue weighted by Gasteiger charge is -2.08. The number of benzene rings is 2. The largest absolute Gasteiger partial charge is 0.261 e. The standard InChI is InChI=1S/C19H14Cl2N4S/c1-12(14-5-3-13(10-22)4-6-14)24-25-18(11-26-19(25)23-2)16-8-7-15(20)9-17(16)21/h3-9,11H,1-2H3. The van der Waals surface area contributed by atoms with E-state index >= 15 is 0 Å². The molecular weight excluding hydrogens is 387 g/mol. The van der Waals surface area contributed by atoms with Gasteiger partial charge in [-0.2, -0.15) is 10.4 Å². The molecule has 7 heteroatoms. The highest BCUT2D eigenvalue weighted by atomic mass is 35.5. The highest BCUT2D eigenvalue weighted by molar-refractivity contribution is 7.07. The van der Waals surface area contributed by atoms with Crippen molar-refractivity contribution in [3.63, 3.8) is 0 Å². The molecule has 26 heavy (non-hydrogen) atoms. The first kappa shape index (κ1) is 18.4. The third-order valence-corrected chi connectivity index (χ3v) is 5.22. The van der Waals surface area contributed by atoms with Gasteiger partial charge < -0.3 is 0 Å². The zero-order chi connectivity index (χ0) is 18.7. The molecule has 0 amide bonds. The van der Waals surface area contributed by atoms with Gasteiger partial charge in [-0.15, -0.1) is 11.3 Å². The molecule has 0 fully saturated rings. The Hall–Kier alpha value is -2.39. The van der Waals surface area contributed by atoms with Crippen molar-refractivity contribution in [2.45, 2.75) is 6.92 Å². The first-order valence-electron chi connectivity index (χ1n) is 7.68. The van der Waals surface area contributed by atoms with Crippen LogP contribution in [0.1, 0.15) is 18.1 Å². The van der Waals surface area contributed by atoms with Crippen LogP contribution in [0.2, 0.25) is 10.0 Å². The van der Waals surface area contributed by atoms with Crippen LogP contribution in [0.4, 0.5) is 0 Å². The van der Waals surface area contributed by atoms with E-state index in [2.05, 4.69) is 11.1 Å². The van der Waals surface area contributed by atoms with Crippen molar-refractivity contribution in [2.24, 2.45) is 10.1 Å². The number of nitrogens with zero attached hydrogens (tertiary/aromatic N) is 4. The molecule has 0 saturated carbocycles. The van der Waals surface area contributed by atoms with Crippen molar-refractivity contribution in [1.29, 1.82) is 5.26 Å². The molecule has 0 atom stereocenters. The van der Waals surface area contributed by atoms with E-state index in [1.165, 1.54) is 11.3 Å². The molecule has 4 nitrogen and oxygen atoms in total. The summed E-state index contributed by atoms with van der Waals surface area (Å²) in [4.78, 5) is 5.05. The minimum atomic E-state index is 0.554. The first-order valence-corrected chi connectivity index (χ1v) is 9.32. The van der Waals surface area contributed by atoms with Crippen LogP contribution in [0.3, 0.4) is 0 Å². The molecule has 1 aromatic heterocycles. The van der Waals surface area contributed by atoms with Crippen LogP contribution in [0.15, 0.2) is 57.9 Å². The minimum Gasteiger partial charge on any atom is -0.261 e. The fourth-order valence-corrected chi connectivity index (χ4v) is 3.72. The zero-order valence-electron chi connectivity index (χ0n) is 14.1. The van der Waals surface area contributed by atoms with Gasteiger partial charge in [0.25, 0.3) is 0 Å². The molecule has 0 spiro atoms. The van der Waals surface area contributed by atoms with Crippen molar-refractivity contribution in [2.75, 3.05) is 7.05 Å². The summed E-state index contributed by atoms with van der Waals surface area (Å²) in [7, 11) is 1.72. The van der Waals surface area contributed by atoms with Crippen LogP contribution in [0, 0.1) is 11.3 Å². The van der Waals surface area contributed by atoms with Gasteiger partial charge in [0.15, 0.2) is 0 Å². The summed E-state index contributed by atoms with van der Waals surface area (Å²) in [5.41, 5.74) is 4.01. The molecule has 0 aliphatic carbocycles. The van der Waals surface area contributed by atoms with E-state index < -0.39 is 0 Å². The maximum Gasteiger partial charge on any atom is 0.205 e. The lowest BCUT2D eigenvalue weighted by atomic mass is 10.1. The average molecular weight is 401 g/mol. The number of halogens is 2. The van der Waals surface area contributed by atoms with Gasteiger partial charge in [0, 0.05) is 23.0 Å². The normalized spacial score (nSPS) is 12.3. The molecular formula is C19H14Cl2N4S. The zero-order valence-corrected chi connectivity index (χ0v) is 16.4. The third-order valence-electron chi connectivity index (χ3n) is 3.77. The van der Waals surface area contributed by atoms with Crippen LogP contribution in [-0.2, 0) is 0 Å². The quantitative estimate of drug-likeness (QED) is 0.557. The molecule has 1 heterocycles. The van der Waals surface area contributed by atoms with Crippen molar-refractivity contribution >= 4 is 40.3 Å². The van der Waals surface area contributed by atoms with Gasteiger partial charge in [-0.3, -0.25) is 4.99 Å². The number of rotatable bonds is 3. The van der Waals surface area contributed by atoms with E-state index in [4.69, 9.17) is 33.6 Å². The molecule has 130 valence electrons. The number of aromatic nitrogens is 1. The summed E-state index contributed by atoms with van der Waals surface area (Å²) in [5, 5.41) is 16.8. The minimum absolute atomic E-state index is 0.554. The Morgan fingerprint density at radius 1 is 1.15 bits per heavy atom. The lowest BCUT2D eigenvalue weighted by molar-refractivity contribution is 0.842. The fraction of sp³-hybridized carbons (Fsp3) is 0.105. The van der Waals surface area contributed by atoms with Gasteiger partial charge >= 0.3 is 0 Å². The highest BCUT2D eigenvalue weighted by Gasteiger charge is 2.12. The van der Waals surface area contributed by atoms with Crippen LogP contribution < -0.4 is 4.80 Å². The molecule has 0 radical (unpaired) electrons. The molecule has 3 rings (SSSR count). The number of thiazole rings is 1. The van der Waals surface area contributed by atoms with Gasteiger partial charge in [0.05, 0.1) is 28.1 Å². The second-order valence-corrected chi connectivity index (χ2v) is 7.12. The summed E-state index contributed by atoms with van der Waals surface area (Å²) >= 11 is 13.9. The number of hydrogen-bond acceptors (Lipinski definition) is 4.